The Hall–Kier alpha value is -1.20. The average molecular weight is 272 g/mol. The third-order valence-corrected chi connectivity index (χ3v) is 3.38. The van der Waals surface area contributed by atoms with Gasteiger partial charge >= 0.3 is 0 Å². The number of hydrogen-bond donors (Lipinski definition) is 1. The molecule has 0 spiro atoms. The van der Waals surface area contributed by atoms with Gasteiger partial charge in [-0.1, -0.05) is 29.9 Å². The highest BCUT2D eigenvalue weighted by atomic mass is 35.5. The molecular weight excluding hydrogens is 261 g/mol. The second kappa shape index (κ2) is 5.42. The second-order valence-corrected chi connectivity index (χ2v) is 4.98. The molecule has 2 rings (SSSR count). The second-order valence-electron chi connectivity index (χ2n) is 3.49. The van der Waals surface area contributed by atoms with Gasteiger partial charge in [0.1, 0.15) is 10.8 Å². The van der Waals surface area contributed by atoms with Gasteiger partial charge in [0.15, 0.2) is 0 Å². The Morgan fingerprint density at radius 1 is 1.35 bits per heavy atom. The van der Waals surface area contributed by atoms with Crippen molar-refractivity contribution in [1.82, 2.24) is 10.2 Å². The van der Waals surface area contributed by atoms with Gasteiger partial charge in [-0.05, 0) is 30.2 Å². The zero-order chi connectivity index (χ0) is 12.3. The van der Waals surface area contributed by atoms with Crippen molar-refractivity contribution in [3.63, 3.8) is 0 Å². The molecule has 3 nitrogen and oxygen atoms in total. The summed E-state index contributed by atoms with van der Waals surface area (Å²) in [5, 5.41) is 13.2. The molecule has 0 unspecified atom stereocenters. The van der Waals surface area contributed by atoms with Crippen LogP contribution in [0.25, 0.3) is 0 Å². The number of rotatable bonds is 4. The minimum Gasteiger partial charge on any atom is -0.356 e. The zero-order valence-corrected chi connectivity index (χ0v) is 10.8. The first-order chi connectivity index (χ1) is 8.17. The number of benzene rings is 1. The molecule has 1 aromatic heterocycles. The van der Waals surface area contributed by atoms with Crippen molar-refractivity contribution < 1.29 is 4.39 Å². The van der Waals surface area contributed by atoms with E-state index in [2.05, 4.69) is 15.5 Å². The topological polar surface area (TPSA) is 37.8 Å². The minimum absolute atomic E-state index is 0.333. The maximum atomic E-state index is 13.1. The van der Waals surface area contributed by atoms with E-state index in [0.717, 1.165) is 22.1 Å². The van der Waals surface area contributed by atoms with E-state index in [-0.39, 0.29) is 5.82 Å². The molecule has 0 saturated carbocycles. The minimum atomic E-state index is -0.333. The summed E-state index contributed by atoms with van der Waals surface area (Å²) in [4.78, 5) is 0. The largest absolute Gasteiger partial charge is 0.356 e. The van der Waals surface area contributed by atoms with Crippen LogP contribution in [0.4, 0.5) is 9.52 Å². The van der Waals surface area contributed by atoms with Crippen molar-refractivity contribution in [1.29, 1.82) is 0 Å². The van der Waals surface area contributed by atoms with Crippen LogP contribution >= 0.6 is 22.9 Å². The Kier molecular flexibility index (Phi) is 3.91. The van der Waals surface area contributed by atoms with Crippen LogP contribution in [0.15, 0.2) is 18.2 Å². The lowest BCUT2D eigenvalue weighted by molar-refractivity contribution is 0.626. The molecule has 17 heavy (non-hydrogen) atoms. The van der Waals surface area contributed by atoms with Crippen molar-refractivity contribution in [2.24, 2.45) is 0 Å². The van der Waals surface area contributed by atoms with Gasteiger partial charge in [0, 0.05) is 11.6 Å². The highest BCUT2D eigenvalue weighted by Gasteiger charge is 2.03. The smallest absolute Gasteiger partial charge is 0.205 e. The lowest BCUT2D eigenvalue weighted by atomic mass is 10.2. The molecule has 0 radical (unpaired) electrons. The van der Waals surface area contributed by atoms with E-state index in [1.54, 1.807) is 6.07 Å². The van der Waals surface area contributed by atoms with Crippen molar-refractivity contribution in [3.8, 4) is 0 Å². The van der Waals surface area contributed by atoms with E-state index < -0.39 is 0 Å². The highest BCUT2D eigenvalue weighted by molar-refractivity contribution is 7.15. The van der Waals surface area contributed by atoms with Crippen LogP contribution in [0.3, 0.4) is 0 Å². The number of halogens is 2. The number of aryl methyl sites for hydroxylation is 1. The van der Waals surface area contributed by atoms with Gasteiger partial charge in [0.25, 0.3) is 0 Å². The number of hydrogen-bond acceptors (Lipinski definition) is 4. The summed E-state index contributed by atoms with van der Waals surface area (Å²) in [6.45, 7) is 2.51. The molecule has 90 valence electrons. The third-order valence-electron chi connectivity index (χ3n) is 2.14. The first-order valence-electron chi connectivity index (χ1n) is 5.18. The van der Waals surface area contributed by atoms with Crippen LogP contribution in [0.5, 0.6) is 0 Å². The van der Waals surface area contributed by atoms with Gasteiger partial charge in [-0.25, -0.2) is 4.39 Å². The maximum absolute atomic E-state index is 13.1. The van der Waals surface area contributed by atoms with E-state index in [0.29, 0.717) is 11.6 Å². The summed E-state index contributed by atoms with van der Waals surface area (Å²) in [6, 6.07) is 4.45. The van der Waals surface area contributed by atoms with E-state index in [1.807, 2.05) is 6.92 Å². The van der Waals surface area contributed by atoms with Gasteiger partial charge in [0.05, 0.1) is 0 Å². The summed E-state index contributed by atoms with van der Waals surface area (Å²) in [5.74, 6) is -0.333. The number of nitrogens with one attached hydrogen (secondary N) is 1. The van der Waals surface area contributed by atoms with Crippen molar-refractivity contribution in [3.05, 3.63) is 39.6 Å². The molecular formula is C11H11ClFN3S. The molecule has 0 bridgehead atoms. The molecule has 0 fully saturated rings. The maximum Gasteiger partial charge on any atom is 0.205 e. The highest BCUT2D eigenvalue weighted by Crippen LogP contribution is 2.18. The van der Waals surface area contributed by atoms with Gasteiger partial charge in [-0.3, -0.25) is 0 Å². The fourth-order valence-electron chi connectivity index (χ4n) is 1.36. The van der Waals surface area contributed by atoms with Gasteiger partial charge in [-0.2, -0.15) is 0 Å². The number of nitrogens with zero attached hydrogens (tertiary/aromatic N) is 2. The summed E-state index contributed by atoms with van der Waals surface area (Å²) < 4.78 is 13.1. The van der Waals surface area contributed by atoms with Crippen LogP contribution in [-0.4, -0.2) is 10.2 Å². The molecule has 0 aliphatic carbocycles. The molecule has 1 N–H and O–H groups in total. The molecule has 6 heteroatoms. The van der Waals surface area contributed by atoms with E-state index >= 15 is 0 Å². The molecule has 0 saturated heterocycles. The van der Waals surface area contributed by atoms with Crippen molar-refractivity contribution in [2.75, 3.05) is 5.32 Å². The Bertz CT molecular complexity index is 495. The molecule has 0 amide bonds. The predicted molar refractivity (Wildman–Crippen MR) is 68.0 cm³/mol. The molecule has 2 aromatic rings. The summed E-state index contributed by atoms with van der Waals surface area (Å²) in [7, 11) is 0. The Morgan fingerprint density at radius 2 is 2.18 bits per heavy atom. The Labute approximate surface area is 108 Å². The molecule has 0 aliphatic rings. The fraction of sp³-hybridized carbons (Fsp3) is 0.273. The van der Waals surface area contributed by atoms with Gasteiger partial charge in [0.2, 0.25) is 5.13 Å². The molecule has 1 aromatic carbocycles. The van der Waals surface area contributed by atoms with Crippen LogP contribution in [0.1, 0.15) is 17.5 Å². The SMILES string of the molecule is CCc1nnc(NCc2cc(F)cc(Cl)c2)s1. The van der Waals surface area contributed by atoms with Gasteiger partial charge < -0.3 is 5.32 Å². The third kappa shape index (κ3) is 3.38. The lowest BCUT2D eigenvalue weighted by Gasteiger charge is -2.03. The van der Waals surface area contributed by atoms with Crippen LogP contribution in [0, 0.1) is 5.82 Å². The van der Waals surface area contributed by atoms with E-state index in [9.17, 15) is 4.39 Å². The first-order valence-corrected chi connectivity index (χ1v) is 6.38. The fourth-order valence-corrected chi connectivity index (χ4v) is 2.28. The van der Waals surface area contributed by atoms with Gasteiger partial charge in [-0.15, -0.1) is 10.2 Å². The monoisotopic (exact) mass is 271 g/mol. The molecule has 1 heterocycles. The average Bonchev–Trinajstić information content (AvgIpc) is 2.73. The molecule has 0 atom stereocenters. The summed E-state index contributed by atoms with van der Waals surface area (Å²) >= 11 is 7.27. The lowest BCUT2D eigenvalue weighted by Crippen LogP contribution is -1.99. The first kappa shape index (κ1) is 12.3. The Morgan fingerprint density at radius 3 is 2.82 bits per heavy atom. The van der Waals surface area contributed by atoms with Crippen LogP contribution in [0.2, 0.25) is 5.02 Å². The summed E-state index contributed by atoms with van der Waals surface area (Å²) in [5.41, 5.74) is 0.781. The van der Waals surface area contributed by atoms with Crippen LogP contribution < -0.4 is 5.32 Å². The quantitative estimate of drug-likeness (QED) is 0.925. The standard InChI is InChI=1S/C11H11ClFN3S/c1-2-10-15-16-11(17-10)14-6-7-3-8(12)5-9(13)4-7/h3-5H,2,6H2,1H3,(H,14,16). The number of anilines is 1. The van der Waals surface area contributed by atoms with E-state index in [1.165, 1.54) is 23.5 Å². The zero-order valence-electron chi connectivity index (χ0n) is 9.20. The van der Waals surface area contributed by atoms with E-state index in [4.69, 9.17) is 11.6 Å². The predicted octanol–water partition coefficient (Wildman–Crippen LogP) is 3.51. The molecule has 0 aliphatic heterocycles. The summed E-state index contributed by atoms with van der Waals surface area (Å²) in [6.07, 6.45) is 0.866. The number of aromatic nitrogens is 2. The Balaban J connectivity index is 2.01. The normalized spacial score (nSPS) is 10.5. The van der Waals surface area contributed by atoms with Crippen LogP contribution in [-0.2, 0) is 13.0 Å². The van der Waals surface area contributed by atoms with Crippen molar-refractivity contribution >= 4 is 28.1 Å². The van der Waals surface area contributed by atoms with Crippen molar-refractivity contribution in [2.45, 2.75) is 19.9 Å².